The second kappa shape index (κ2) is 8.32. The van der Waals surface area contributed by atoms with Gasteiger partial charge < -0.3 is 4.74 Å². The number of hydrogen-bond donors (Lipinski definition) is 0. The van der Waals surface area contributed by atoms with Gasteiger partial charge in [-0.3, -0.25) is 0 Å². The molecule has 0 fully saturated rings. The molecule has 0 spiro atoms. The molecule has 0 aliphatic carbocycles. The lowest BCUT2D eigenvalue weighted by molar-refractivity contribution is 0.305. The zero-order chi connectivity index (χ0) is 18.4. The maximum absolute atomic E-state index is 12.8. The number of hydrogen-bond acceptors (Lipinski definition) is 4. The van der Waals surface area contributed by atoms with E-state index in [1.54, 1.807) is 36.5 Å². The summed E-state index contributed by atoms with van der Waals surface area (Å²) in [4.78, 5) is 4.36. The van der Waals surface area contributed by atoms with Gasteiger partial charge in [-0.05, 0) is 42.1 Å². The summed E-state index contributed by atoms with van der Waals surface area (Å²) < 4.78 is 31.3. The summed E-state index contributed by atoms with van der Waals surface area (Å²) in [5.74, 6) is 0.687. The van der Waals surface area contributed by atoms with Crippen LogP contribution in [0.5, 0.6) is 5.75 Å². The first kappa shape index (κ1) is 18.4. The van der Waals surface area contributed by atoms with Crippen LogP contribution in [0.3, 0.4) is 0 Å². The highest BCUT2D eigenvalue weighted by molar-refractivity contribution is 7.91. The predicted octanol–water partition coefficient (Wildman–Crippen LogP) is 5.03. The monoisotopic (exact) mass is 369 g/mol. The van der Waals surface area contributed by atoms with Gasteiger partial charge in [0, 0.05) is 11.6 Å². The van der Waals surface area contributed by atoms with E-state index in [0.29, 0.717) is 12.4 Å². The quantitative estimate of drug-likeness (QED) is 0.523. The van der Waals surface area contributed by atoms with Crippen molar-refractivity contribution >= 4 is 20.6 Å². The maximum Gasteiger partial charge on any atom is 0.223 e. The fourth-order valence-corrected chi connectivity index (χ4v) is 3.97. The molecule has 2 aromatic carbocycles. The third kappa shape index (κ3) is 4.22. The lowest BCUT2D eigenvalue weighted by Crippen LogP contribution is -2.04. The molecule has 0 saturated heterocycles. The van der Waals surface area contributed by atoms with Crippen LogP contribution in [0.15, 0.2) is 70.7 Å². The number of ether oxygens (including phenoxy) is 1. The number of benzene rings is 2. The van der Waals surface area contributed by atoms with Crippen LogP contribution in [0.1, 0.15) is 32.6 Å². The smallest absolute Gasteiger partial charge is 0.223 e. The summed E-state index contributed by atoms with van der Waals surface area (Å²) in [7, 11) is -3.65. The lowest BCUT2D eigenvalue weighted by atomic mass is 10.2. The molecule has 0 N–H and O–H groups in total. The Morgan fingerprint density at radius 3 is 2.38 bits per heavy atom. The van der Waals surface area contributed by atoms with Crippen LogP contribution >= 0.6 is 0 Å². The molecule has 1 aromatic heterocycles. The van der Waals surface area contributed by atoms with Gasteiger partial charge in [-0.15, -0.1) is 0 Å². The lowest BCUT2D eigenvalue weighted by Gasteiger charge is -2.08. The molecule has 1 heterocycles. The zero-order valence-electron chi connectivity index (χ0n) is 14.9. The van der Waals surface area contributed by atoms with E-state index in [2.05, 4.69) is 11.9 Å². The second-order valence-electron chi connectivity index (χ2n) is 6.25. The van der Waals surface area contributed by atoms with E-state index in [0.717, 1.165) is 23.6 Å². The van der Waals surface area contributed by atoms with Gasteiger partial charge in [0.1, 0.15) is 5.75 Å². The van der Waals surface area contributed by atoms with Crippen LogP contribution in [0.4, 0.5) is 0 Å². The molecule has 0 saturated carbocycles. The maximum atomic E-state index is 12.8. The standard InChI is InChI=1S/C21H23NO3S/c1-2-3-4-7-14-25-19-10-12-20(13-11-19)26(23,24)21-15-17-8-5-6-9-18(17)16-22-21/h5-6,8-13,15-16H,2-4,7,14H2,1H3. The van der Waals surface area contributed by atoms with E-state index in [1.807, 2.05) is 24.3 Å². The number of pyridine rings is 1. The Bertz CT molecular complexity index is 966. The SMILES string of the molecule is CCCCCCOc1ccc(S(=O)(=O)c2cc3ccccc3cn2)cc1. The van der Waals surface area contributed by atoms with Crippen molar-refractivity contribution in [2.75, 3.05) is 6.61 Å². The summed E-state index contributed by atoms with van der Waals surface area (Å²) in [6.07, 6.45) is 6.15. The van der Waals surface area contributed by atoms with Gasteiger partial charge in [0.2, 0.25) is 9.84 Å². The minimum Gasteiger partial charge on any atom is -0.494 e. The highest BCUT2D eigenvalue weighted by Crippen LogP contribution is 2.24. The first-order chi connectivity index (χ1) is 12.6. The Hall–Kier alpha value is -2.40. The molecule has 0 aliphatic rings. The van der Waals surface area contributed by atoms with Crippen LogP contribution in [0.25, 0.3) is 10.8 Å². The normalized spacial score (nSPS) is 11.6. The highest BCUT2D eigenvalue weighted by Gasteiger charge is 2.19. The average Bonchev–Trinajstić information content (AvgIpc) is 2.68. The van der Waals surface area contributed by atoms with Gasteiger partial charge in [-0.2, -0.15) is 0 Å². The van der Waals surface area contributed by atoms with Crippen LogP contribution in [0.2, 0.25) is 0 Å². The Kier molecular flexibility index (Phi) is 5.89. The van der Waals surface area contributed by atoms with Gasteiger partial charge in [-0.25, -0.2) is 13.4 Å². The molecule has 26 heavy (non-hydrogen) atoms. The summed E-state index contributed by atoms with van der Waals surface area (Å²) in [5.41, 5.74) is 0. The van der Waals surface area contributed by atoms with Crippen molar-refractivity contribution in [1.82, 2.24) is 4.98 Å². The number of fused-ring (bicyclic) bond motifs is 1. The van der Waals surface area contributed by atoms with Crippen molar-refractivity contribution in [3.63, 3.8) is 0 Å². The first-order valence-electron chi connectivity index (χ1n) is 8.94. The molecule has 0 amide bonds. The Morgan fingerprint density at radius 2 is 1.65 bits per heavy atom. The summed E-state index contributed by atoms with van der Waals surface area (Å²) in [5, 5.41) is 1.83. The molecule has 0 radical (unpaired) electrons. The van der Waals surface area contributed by atoms with Gasteiger partial charge >= 0.3 is 0 Å². The van der Waals surface area contributed by atoms with E-state index in [9.17, 15) is 8.42 Å². The fourth-order valence-electron chi connectivity index (χ4n) is 2.76. The molecule has 5 heteroatoms. The Balaban J connectivity index is 1.74. The van der Waals surface area contributed by atoms with Gasteiger partial charge in [-0.1, -0.05) is 50.5 Å². The van der Waals surface area contributed by atoms with E-state index in [-0.39, 0.29) is 9.92 Å². The van der Waals surface area contributed by atoms with E-state index >= 15 is 0 Å². The van der Waals surface area contributed by atoms with Crippen molar-refractivity contribution in [2.45, 2.75) is 42.5 Å². The molecule has 136 valence electrons. The molecule has 0 unspecified atom stereocenters. The van der Waals surface area contributed by atoms with E-state index in [4.69, 9.17) is 4.74 Å². The van der Waals surface area contributed by atoms with Gasteiger partial charge in [0.15, 0.2) is 5.03 Å². The molecule has 0 aliphatic heterocycles. The molecule has 0 atom stereocenters. The zero-order valence-corrected chi connectivity index (χ0v) is 15.7. The summed E-state index contributed by atoms with van der Waals surface area (Å²) in [6.45, 7) is 2.82. The third-order valence-corrected chi connectivity index (χ3v) is 5.95. The van der Waals surface area contributed by atoms with Crippen LogP contribution in [-0.2, 0) is 9.84 Å². The molecular weight excluding hydrogens is 346 g/mol. The third-order valence-electron chi connectivity index (χ3n) is 4.28. The first-order valence-corrected chi connectivity index (χ1v) is 10.4. The summed E-state index contributed by atoms with van der Waals surface area (Å²) in [6, 6.07) is 15.7. The van der Waals surface area contributed by atoms with E-state index in [1.165, 1.54) is 12.8 Å². The molecule has 4 nitrogen and oxygen atoms in total. The number of aromatic nitrogens is 1. The van der Waals surface area contributed by atoms with Crippen molar-refractivity contribution in [3.05, 3.63) is 60.8 Å². The number of sulfone groups is 1. The number of rotatable bonds is 8. The van der Waals surface area contributed by atoms with Crippen molar-refractivity contribution in [2.24, 2.45) is 0 Å². The van der Waals surface area contributed by atoms with Crippen molar-refractivity contribution < 1.29 is 13.2 Å². The molecule has 3 aromatic rings. The Labute approximate surface area is 154 Å². The number of unbranched alkanes of at least 4 members (excludes halogenated alkanes) is 3. The van der Waals surface area contributed by atoms with Gasteiger partial charge in [0.05, 0.1) is 11.5 Å². The topological polar surface area (TPSA) is 56.3 Å². The van der Waals surface area contributed by atoms with Crippen LogP contribution in [-0.4, -0.2) is 20.0 Å². The average molecular weight is 369 g/mol. The largest absolute Gasteiger partial charge is 0.494 e. The molecular formula is C21H23NO3S. The van der Waals surface area contributed by atoms with Crippen LogP contribution < -0.4 is 4.74 Å². The Morgan fingerprint density at radius 1 is 0.923 bits per heavy atom. The second-order valence-corrected chi connectivity index (χ2v) is 8.15. The highest BCUT2D eigenvalue weighted by atomic mass is 32.2. The summed E-state index contributed by atoms with van der Waals surface area (Å²) >= 11 is 0. The van der Waals surface area contributed by atoms with Crippen molar-refractivity contribution in [3.8, 4) is 5.75 Å². The van der Waals surface area contributed by atoms with Gasteiger partial charge in [0.25, 0.3) is 0 Å². The minimum atomic E-state index is -3.65. The number of nitrogens with zero attached hydrogens (tertiary/aromatic N) is 1. The van der Waals surface area contributed by atoms with Crippen LogP contribution in [0, 0.1) is 0 Å². The van der Waals surface area contributed by atoms with E-state index < -0.39 is 9.84 Å². The molecule has 0 bridgehead atoms. The minimum absolute atomic E-state index is 0.0597. The predicted molar refractivity (Wildman–Crippen MR) is 103 cm³/mol. The molecule has 3 rings (SSSR count). The van der Waals surface area contributed by atoms with Crippen molar-refractivity contribution in [1.29, 1.82) is 0 Å². The fraction of sp³-hybridized carbons (Fsp3) is 0.286.